The normalized spacial score (nSPS) is 12.1. The Balaban J connectivity index is 1.78. The van der Waals surface area contributed by atoms with E-state index in [2.05, 4.69) is 9.97 Å². The van der Waals surface area contributed by atoms with Crippen molar-refractivity contribution in [2.75, 3.05) is 20.3 Å². The highest BCUT2D eigenvalue weighted by Crippen LogP contribution is 2.30. The maximum Gasteiger partial charge on any atom is 0.280 e. The number of ether oxygens (including phenoxy) is 2. The van der Waals surface area contributed by atoms with Gasteiger partial charge in [-0.2, -0.15) is 9.37 Å². The average molecular weight is 540 g/mol. The quantitative estimate of drug-likeness (QED) is 0.282. The summed E-state index contributed by atoms with van der Waals surface area (Å²) >= 11 is 0. The van der Waals surface area contributed by atoms with Gasteiger partial charge in [-0.25, -0.2) is 13.8 Å². The molecule has 0 aliphatic rings. The lowest BCUT2D eigenvalue weighted by atomic mass is 9.99. The van der Waals surface area contributed by atoms with E-state index >= 15 is 0 Å². The lowest BCUT2D eigenvalue weighted by Gasteiger charge is -2.25. The molecule has 0 fully saturated rings. The maximum absolute atomic E-state index is 14.1. The van der Waals surface area contributed by atoms with Gasteiger partial charge in [-0.1, -0.05) is 24.3 Å². The van der Waals surface area contributed by atoms with E-state index in [1.165, 1.54) is 17.9 Å². The summed E-state index contributed by atoms with van der Waals surface area (Å²) in [4.78, 5) is 20.8. The minimum atomic E-state index is -0.908. The molecule has 2 aromatic carbocycles. The molecule has 1 N–H and O–H groups in total. The third-order valence-corrected chi connectivity index (χ3v) is 6.39. The first kappa shape index (κ1) is 28.0. The third-order valence-electron chi connectivity index (χ3n) is 6.39. The number of hydrogen-bond donors (Lipinski definition) is 1. The van der Waals surface area contributed by atoms with Crippen LogP contribution in [0.25, 0.3) is 11.1 Å². The van der Waals surface area contributed by atoms with Crippen molar-refractivity contribution >= 4 is 0 Å². The molecule has 10 heteroatoms. The van der Waals surface area contributed by atoms with Crippen molar-refractivity contribution in [1.82, 2.24) is 14.5 Å². The number of aromatic nitrogens is 3. The highest BCUT2D eigenvalue weighted by molar-refractivity contribution is 5.66. The van der Waals surface area contributed by atoms with E-state index in [4.69, 9.17) is 9.47 Å². The van der Waals surface area contributed by atoms with E-state index in [0.717, 1.165) is 23.8 Å². The largest absolute Gasteiger partial charge is 0.494 e. The Hall–Kier alpha value is -4.02. The van der Waals surface area contributed by atoms with Gasteiger partial charge in [0.1, 0.15) is 24.1 Å². The number of hydrogen-bond acceptors (Lipinski definition) is 6. The molecular formula is C29H28F3N3O4. The molecule has 0 aliphatic heterocycles. The number of benzene rings is 2. The monoisotopic (exact) mass is 539 g/mol. The number of rotatable bonds is 10. The van der Waals surface area contributed by atoms with Crippen molar-refractivity contribution in [2.24, 2.45) is 0 Å². The molecule has 0 bridgehead atoms. The second-order valence-corrected chi connectivity index (χ2v) is 8.96. The summed E-state index contributed by atoms with van der Waals surface area (Å²) in [5.41, 5.74) is 2.07. The summed E-state index contributed by atoms with van der Waals surface area (Å²) in [5, 5.41) is 11.4. The topological polar surface area (TPSA) is 86.5 Å². The van der Waals surface area contributed by atoms with Gasteiger partial charge in [0.2, 0.25) is 11.8 Å². The van der Waals surface area contributed by atoms with E-state index in [0.29, 0.717) is 23.3 Å². The number of methoxy groups -OCH3 is 1. The van der Waals surface area contributed by atoms with Gasteiger partial charge >= 0.3 is 0 Å². The molecule has 0 radical (unpaired) electrons. The molecule has 39 heavy (non-hydrogen) atoms. The Kier molecular flexibility index (Phi) is 8.78. The third kappa shape index (κ3) is 6.18. The van der Waals surface area contributed by atoms with Crippen LogP contribution in [0.15, 0.2) is 59.5 Å². The molecule has 0 amide bonds. The van der Waals surface area contributed by atoms with E-state index < -0.39 is 35.1 Å². The minimum Gasteiger partial charge on any atom is -0.494 e. The Morgan fingerprint density at radius 1 is 1.05 bits per heavy atom. The number of halogens is 3. The number of nitrogens with zero attached hydrogens (tertiary/aromatic N) is 3. The summed E-state index contributed by atoms with van der Waals surface area (Å²) in [6, 6.07) is 10.9. The molecule has 204 valence electrons. The molecule has 4 aromatic rings. The van der Waals surface area contributed by atoms with Crippen LogP contribution in [0.2, 0.25) is 0 Å². The van der Waals surface area contributed by atoms with Crippen molar-refractivity contribution in [1.29, 1.82) is 0 Å². The van der Waals surface area contributed by atoms with Crippen LogP contribution in [0.5, 0.6) is 5.88 Å². The summed E-state index contributed by atoms with van der Waals surface area (Å²) in [6.07, 6.45) is 1.41. The molecular weight excluding hydrogens is 511 g/mol. The van der Waals surface area contributed by atoms with Gasteiger partial charge in [0.05, 0.1) is 18.2 Å². The minimum absolute atomic E-state index is 0.00730. The van der Waals surface area contributed by atoms with Crippen LogP contribution in [-0.4, -0.2) is 40.0 Å². The van der Waals surface area contributed by atoms with Crippen LogP contribution in [0, 0.1) is 24.5 Å². The highest BCUT2D eigenvalue weighted by Gasteiger charge is 2.25. The Morgan fingerprint density at radius 3 is 2.38 bits per heavy atom. The van der Waals surface area contributed by atoms with Gasteiger partial charge in [-0.3, -0.25) is 9.36 Å². The highest BCUT2D eigenvalue weighted by atomic mass is 19.1. The van der Waals surface area contributed by atoms with Gasteiger partial charge in [-0.05, 0) is 54.3 Å². The Labute approximate surface area is 223 Å². The fourth-order valence-corrected chi connectivity index (χ4v) is 4.45. The maximum atomic E-state index is 14.1. The fourth-order valence-electron chi connectivity index (χ4n) is 4.45. The van der Waals surface area contributed by atoms with Crippen molar-refractivity contribution in [3.8, 4) is 17.0 Å². The summed E-state index contributed by atoms with van der Waals surface area (Å²) in [7, 11) is 1.41. The van der Waals surface area contributed by atoms with E-state index in [-0.39, 0.29) is 36.6 Å². The van der Waals surface area contributed by atoms with Crippen LogP contribution in [0.3, 0.4) is 0 Å². The zero-order chi connectivity index (χ0) is 28.1. The predicted molar refractivity (Wildman–Crippen MR) is 139 cm³/mol. The summed E-state index contributed by atoms with van der Waals surface area (Å²) < 4.78 is 54.2. The van der Waals surface area contributed by atoms with Gasteiger partial charge in [0.25, 0.3) is 5.56 Å². The zero-order valence-corrected chi connectivity index (χ0v) is 21.7. The van der Waals surface area contributed by atoms with Crippen LogP contribution in [0.4, 0.5) is 13.2 Å². The smallest absolute Gasteiger partial charge is 0.280 e. The van der Waals surface area contributed by atoms with E-state index in [1.807, 2.05) is 0 Å². The second-order valence-electron chi connectivity index (χ2n) is 8.96. The number of aromatic hydroxyl groups is 1. The Morgan fingerprint density at radius 2 is 1.74 bits per heavy atom. The molecule has 0 saturated carbocycles. The van der Waals surface area contributed by atoms with Gasteiger partial charge in [0.15, 0.2) is 0 Å². The van der Waals surface area contributed by atoms with Crippen molar-refractivity contribution < 1.29 is 27.8 Å². The molecule has 2 aromatic heterocycles. The Bertz CT molecular complexity index is 1500. The van der Waals surface area contributed by atoms with Crippen LogP contribution < -0.4 is 5.56 Å². The second kappa shape index (κ2) is 12.2. The fraction of sp³-hybridized carbons (Fsp3) is 0.276. The molecule has 1 atom stereocenters. The summed E-state index contributed by atoms with van der Waals surface area (Å²) in [6.45, 7) is 3.53. The lowest BCUT2D eigenvalue weighted by molar-refractivity contribution is 0.115. The molecule has 0 aliphatic carbocycles. The van der Waals surface area contributed by atoms with Gasteiger partial charge in [0, 0.05) is 38.0 Å². The molecule has 0 spiro atoms. The average Bonchev–Trinajstić information content (AvgIpc) is 2.90. The molecule has 7 nitrogen and oxygen atoms in total. The molecule has 2 heterocycles. The van der Waals surface area contributed by atoms with Crippen LogP contribution in [0.1, 0.15) is 41.0 Å². The predicted octanol–water partition coefficient (Wildman–Crippen LogP) is 5.10. The van der Waals surface area contributed by atoms with Gasteiger partial charge < -0.3 is 14.6 Å². The molecule has 4 rings (SSSR count). The zero-order valence-electron chi connectivity index (χ0n) is 21.7. The van der Waals surface area contributed by atoms with Gasteiger partial charge in [-0.15, -0.1) is 0 Å². The first-order chi connectivity index (χ1) is 18.7. The first-order valence-electron chi connectivity index (χ1n) is 12.3. The lowest BCUT2D eigenvalue weighted by Crippen LogP contribution is -2.28. The van der Waals surface area contributed by atoms with E-state index in [9.17, 15) is 23.1 Å². The van der Waals surface area contributed by atoms with E-state index in [1.54, 1.807) is 44.2 Å². The van der Waals surface area contributed by atoms with Crippen molar-refractivity contribution in [3.05, 3.63) is 111 Å². The standard InChI is InChI=1S/C29H28F3N3O4/c1-4-39-16-26-34-28(36)24(11-18-5-7-19(8-6-18)23-9-10-33-27(32)17(23)2)29(37)35(26)25(15-38-3)20-12-21(30)14-22(31)13-20/h5-10,12-14,25,37H,4,11,15-16H2,1-3H3. The van der Waals surface area contributed by atoms with Crippen LogP contribution in [-0.2, 0) is 22.5 Å². The summed E-state index contributed by atoms with van der Waals surface area (Å²) in [5.74, 6) is -2.47. The van der Waals surface area contributed by atoms with Crippen molar-refractivity contribution in [2.45, 2.75) is 32.9 Å². The molecule has 1 unspecified atom stereocenters. The first-order valence-corrected chi connectivity index (χ1v) is 12.3. The van der Waals surface area contributed by atoms with Crippen molar-refractivity contribution in [3.63, 3.8) is 0 Å². The SMILES string of the molecule is CCOCc1nc(=O)c(Cc2ccc(-c3ccnc(F)c3C)cc2)c(O)n1C(COC)c1cc(F)cc(F)c1. The molecule has 0 saturated heterocycles. The van der Waals surface area contributed by atoms with Crippen LogP contribution >= 0.6 is 0 Å². The number of pyridine rings is 1.